The predicted molar refractivity (Wildman–Crippen MR) is 222 cm³/mol. The summed E-state index contributed by atoms with van der Waals surface area (Å²) < 4.78 is 9.24. The van der Waals surface area contributed by atoms with Crippen molar-refractivity contribution in [3.05, 3.63) is 174 Å². The van der Waals surface area contributed by atoms with E-state index in [0.29, 0.717) is 28.4 Å². The molecule has 0 fully saturated rings. The van der Waals surface area contributed by atoms with E-state index in [1.54, 1.807) is 0 Å². The Morgan fingerprint density at radius 2 is 1.18 bits per heavy atom. The third-order valence-corrected chi connectivity index (χ3v) is 11.5. The molecule has 5 nitrogen and oxygen atoms in total. The van der Waals surface area contributed by atoms with Crippen molar-refractivity contribution in [2.45, 2.75) is 19.3 Å². The first-order valence-corrected chi connectivity index (χ1v) is 18.6. The van der Waals surface area contributed by atoms with Gasteiger partial charge < -0.3 is 8.98 Å². The number of benzene rings is 7. The smallest absolute Gasteiger partial charge is 0.164 e. The summed E-state index contributed by atoms with van der Waals surface area (Å²) in [6.45, 7) is 4.70. The van der Waals surface area contributed by atoms with E-state index in [-0.39, 0.29) is 5.41 Å². The zero-order chi connectivity index (χ0) is 36.8. The molecule has 0 N–H and O–H groups in total. The summed E-state index contributed by atoms with van der Waals surface area (Å²) in [6.07, 6.45) is 0. The Labute approximate surface area is 317 Å². The second kappa shape index (κ2) is 11.6. The molecule has 0 saturated heterocycles. The SMILES string of the molecule is CC1(C)c2ccccc2-c2ccc3c(c21)c1ccccc1n3-c1ccc(-c2nc(-c3ccccc3)c(C#N)c(-c3ccccc3)n2)c2oc3ccccc3c12. The molecule has 0 aliphatic heterocycles. The van der Waals surface area contributed by atoms with E-state index in [2.05, 4.69) is 109 Å². The Hall–Kier alpha value is -7.29. The van der Waals surface area contributed by atoms with Crippen molar-refractivity contribution in [3.8, 4) is 56.8 Å². The molecule has 5 heteroatoms. The minimum atomic E-state index is -0.179. The summed E-state index contributed by atoms with van der Waals surface area (Å²) in [5.74, 6) is 0.492. The number of nitrogens with zero attached hydrogens (tertiary/aromatic N) is 4. The van der Waals surface area contributed by atoms with Gasteiger partial charge in [-0.05, 0) is 52.6 Å². The fourth-order valence-electron chi connectivity index (χ4n) is 9.06. The minimum Gasteiger partial charge on any atom is -0.455 e. The Balaban J connectivity index is 1.23. The van der Waals surface area contributed by atoms with Crippen LogP contribution in [0.1, 0.15) is 30.5 Å². The number of aromatic nitrogens is 3. The summed E-state index contributed by atoms with van der Waals surface area (Å²) in [5.41, 5.74) is 14.0. The summed E-state index contributed by atoms with van der Waals surface area (Å²) in [6, 6.07) is 56.8. The van der Waals surface area contributed by atoms with Gasteiger partial charge in [0.1, 0.15) is 22.8 Å². The maximum atomic E-state index is 10.6. The van der Waals surface area contributed by atoms with Crippen molar-refractivity contribution in [3.63, 3.8) is 0 Å². The molecule has 1 aliphatic carbocycles. The van der Waals surface area contributed by atoms with Gasteiger partial charge in [-0.15, -0.1) is 0 Å². The third-order valence-electron chi connectivity index (χ3n) is 11.5. The normalized spacial score (nSPS) is 13.0. The largest absolute Gasteiger partial charge is 0.455 e. The van der Waals surface area contributed by atoms with Gasteiger partial charge in [-0.25, -0.2) is 9.97 Å². The molecule has 0 unspecified atom stereocenters. The van der Waals surface area contributed by atoms with E-state index in [1.165, 1.54) is 33.0 Å². The lowest BCUT2D eigenvalue weighted by atomic mass is 9.80. The van der Waals surface area contributed by atoms with E-state index in [9.17, 15) is 5.26 Å². The number of fused-ring (bicyclic) bond motifs is 10. The monoisotopic (exact) mass is 704 g/mol. The molecule has 7 aromatic carbocycles. The number of furan rings is 1. The fourth-order valence-corrected chi connectivity index (χ4v) is 9.06. The summed E-state index contributed by atoms with van der Waals surface area (Å²) in [7, 11) is 0. The highest BCUT2D eigenvalue weighted by molar-refractivity contribution is 6.18. The Morgan fingerprint density at radius 1 is 0.564 bits per heavy atom. The van der Waals surface area contributed by atoms with Gasteiger partial charge in [0, 0.05) is 32.7 Å². The van der Waals surface area contributed by atoms with E-state index < -0.39 is 0 Å². The summed E-state index contributed by atoms with van der Waals surface area (Å²) in [5, 5.41) is 15.0. The van der Waals surface area contributed by atoms with Crippen molar-refractivity contribution in [2.24, 2.45) is 0 Å². The second-order valence-corrected chi connectivity index (χ2v) is 14.8. The van der Waals surface area contributed by atoms with E-state index in [4.69, 9.17) is 14.4 Å². The molecule has 0 amide bonds. The van der Waals surface area contributed by atoms with Gasteiger partial charge in [-0.1, -0.05) is 141 Å². The fraction of sp³-hybridized carbons (Fsp3) is 0.0600. The number of hydrogen-bond acceptors (Lipinski definition) is 4. The Bertz CT molecular complexity index is 3180. The summed E-state index contributed by atoms with van der Waals surface area (Å²) >= 11 is 0. The molecule has 10 aromatic rings. The zero-order valence-corrected chi connectivity index (χ0v) is 30.2. The molecule has 1 aliphatic rings. The van der Waals surface area contributed by atoms with Crippen LogP contribution in [0.4, 0.5) is 0 Å². The van der Waals surface area contributed by atoms with Crippen LogP contribution in [0.25, 0.3) is 94.5 Å². The molecule has 0 atom stereocenters. The van der Waals surface area contributed by atoms with Crippen LogP contribution in [-0.2, 0) is 5.41 Å². The molecular weight excluding hydrogens is 673 g/mol. The highest BCUT2D eigenvalue weighted by Gasteiger charge is 2.38. The molecule has 0 saturated carbocycles. The van der Waals surface area contributed by atoms with Crippen LogP contribution in [0.2, 0.25) is 0 Å². The van der Waals surface area contributed by atoms with Gasteiger partial charge in [0.05, 0.1) is 39.1 Å². The first-order valence-electron chi connectivity index (χ1n) is 18.6. The quantitative estimate of drug-likeness (QED) is 0.183. The van der Waals surface area contributed by atoms with Gasteiger partial charge >= 0.3 is 0 Å². The number of rotatable bonds is 4. The first kappa shape index (κ1) is 31.3. The van der Waals surface area contributed by atoms with Crippen LogP contribution in [-0.4, -0.2) is 14.5 Å². The maximum Gasteiger partial charge on any atom is 0.164 e. The van der Waals surface area contributed by atoms with Gasteiger partial charge in [-0.3, -0.25) is 0 Å². The highest BCUT2D eigenvalue weighted by atomic mass is 16.3. The van der Waals surface area contributed by atoms with Gasteiger partial charge in [0.25, 0.3) is 0 Å². The lowest BCUT2D eigenvalue weighted by molar-refractivity contribution is 0.666. The first-order chi connectivity index (χ1) is 27.0. The van der Waals surface area contributed by atoms with Crippen LogP contribution in [0.5, 0.6) is 0 Å². The lowest BCUT2D eigenvalue weighted by Gasteiger charge is -2.22. The highest BCUT2D eigenvalue weighted by Crippen LogP contribution is 2.53. The van der Waals surface area contributed by atoms with Crippen molar-refractivity contribution >= 4 is 43.7 Å². The van der Waals surface area contributed by atoms with Crippen LogP contribution in [0.3, 0.4) is 0 Å². The molecule has 3 aromatic heterocycles. The number of nitriles is 1. The average Bonchev–Trinajstić information content (AvgIpc) is 3.87. The topological polar surface area (TPSA) is 67.6 Å². The van der Waals surface area contributed by atoms with E-state index in [1.807, 2.05) is 72.8 Å². The van der Waals surface area contributed by atoms with Crippen LogP contribution < -0.4 is 0 Å². The standard InChI is InChI=1S/C50H32N4O/c1-50(2)38-22-12-9-19-32(38)33-25-27-40-43(45(33)50)34-20-10-13-23-39(34)54(40)41-28-26-36(48-44(41)35-21-11-14-24-42(35)55-48)49-52-46(30-15-5-3-6-16-30)37(29-51)47(53-49)31-17-7-4-8-18-31/h3-28H,1-2H3. The molecule has 0 radical (unpaired) electrons. The zero-order valence-electron chi connectivity index (χ0n) is 30.2. The minimum absolute atomic E-state index is 0.179. The molecular formula is C50H32N4O. The Kier molecular flexibility index (Phi) is 6.59. The van der Waals surface area contributed by atoms with Crippen LogP contribution in [0, 0.1) is 11.3 Å². The Morgan fingerprint density at radius 3 is 1.91 bits per heavy atom. The summed E-state index contributed by atoms with van der Waals surface area (Å²) in [4.78, 5) is 10.3. The van der Waals surface area contributed by atoms with Gasteiger partial charge in [0.15, 0.2) is 5.82 Å². The van der Waals surface area contributed by atoms with Crippen LogP contribution >= 0.6 is 0 Å². The van der Waals surface area contributed by atoms with Crippen molar-refractivity contribution in [1.82, 2.24) is 14.5 Å². The van der Waals surface area contributed by atoms with E-state index in [0.717, 1.165) is 49.8 Å². The number of hydrogen-bond donors (Lipinski definition) is 0. The average molecular weight is 705 g/mol. The molecule has 3 heterocycles. The molecule has 55 heavy (non-hydrogen) atoms. The molecule has 258 valence electrons. The molecule has 0 spiro atoms. The van der Waals surface area contributed by atoms with Crippen LogP contribution in [0.15, 0.2) is 162 Å². The second-order valence-electron chi connectivity index (χ2n) is 14.8. The van der Waals surface area contributed by atoms with Crippen molar-refractivity contribution < 1.29 is 4.42 Å². The number of para-hydroxylation sites is 2. The van der Waals surface area contributed by atoms with Gasteiger partial charge in [-0.2, -0.15) is 5.26 Å². The maximum absolute atomic E-state index is 10.6. The van der Waals surface area contributed by atoms with Gasteiger partial charge in [0.2, 0.25) is 0 Å². The predicted octanol–water partition coefficient (Wildman–Crippen LogP) is 12.7. The van der Waals surface area contributed by atoms with Crippen molar-refractivity contribution in [2.75, 3.05) is 0 Å². The van der Waals surface area contributed by atoms with Crippen molar-refractivity contribution in [1.29, 1.82) is 5.26 Å². The lowest BCUT2D eigenvalue weighted by Crippen LogP contribution is -2.15. The molecule has 0 bridgehead atoms. The van der Waals surface area contributed by atoms with E-state index >= 15 is 0 Å². The third kappa shape index (κ3) is 4.40. The molecule has 11 rings (SSSR count).